The molecule has 2 rings (SSSR count). The Morgan fingerprint density at radius 3 is 2.86 bits per heavy atom. The molecule has 1 heterocycles. The Morgan fingerprint density at radius 1 is 1.45 bits per heavy atom. The number of rotatable bonds is 6. The lowest BCUT2D eigenvalue weighted by atomic mass is 9.99. The molecule has 0 aliphatic carbocycles. The van der Waals surface area contributed by atoms with Crippen LogP contribution in [0, 0.1) is 0 Å². The first kappa shape index (κ1) is 15.7. The van der Waals surface area contributed by atoms with E-state index in [9.17, 15) is 4.79 Å². The Balaban J connectivity index is 2.44. The van der Waals surface area contributed by atoms with Crippen molar-refractivity contribution >= 4 is 16.9 Å². The van der Waals surface area contributed by atoms with Crippen molar-refractivity contribution in [2.24, 2.45) is 5.11 Å². The van der Waals surface area contributed by atoms with Gasteiger partial charge >= 0.3 is 5.97 Å². The zero-order valence-corrected chi connectivity index (χ0v) is 12.6. The fourth-order valence-corrected chi connectivity index (χ4v) is 2.43. The van der Waals surface area contributed by atoms with Crippen LogP contribution in [0.25, 0.3) is 21.3 Å². The Kier molecular flexibility index (Phi) is 4.86. The van der Waals surface area contributed by atoms with Crippen LogP contribution in [-0.4, -0.2) is 22.1 Å². The third-order valence-electron chi connectivity index (χ3n) is 3.49. The number of hydrogen-bond donors (Lipinski definition) is 2. The molecular weight excluding hydrogens is 280 g/mol. The van der Waals surface area contributed by atoms with Gasteiger partial charge < -0.3 is 10.1 Å². The molecule has 22 heavy (non-hydrogen) atoms. The van der Waals surface area contributed by atoms with Crippen LogP contribution in [0.1, 0.15) is 25.0 Å². The first-order valence-electron chi connectivity index (χ1n) is 7.01. The van der Waals surface area contributed by atoms with Gasteiger partial charge in [0.1, 0.15) is 6.04 Å². The molecular formula is C16H18N4O2. The van der Waals surface area contributed by atoms with Crippen molar-refractivity contribution in [3.63, 3.8) is 0 Å². The van der Waals surface area contributed by atoms with Gasteiger partial charge in [0, 0.05) is 22.0 Å². The summed E-state index contributed by atoms with van der Waals surface area (Å²) in [6.07, 6.45) is 4.88. The lowest BCUT2D eigenvalue weighted by Crippen LogP contribution is -2.19. The first-order valence-corrected chi connectivity index (χ1v) is 7.01. The Bertz CT molecular complexity index is 764. The van der Waals surface area contributed by atoms with Crippen LogP contribution >= 0.6 is 0 Å². The number of allylic oxidation sites excluding steroid dienone is 2. The molecule has 0 fully saturated rings. The summed E-state index contributed by atoms with van der Waals surface area (Å²) in [4.78, 5) is 16.9. The molecule has 0 radical (unpaired) electrons. The SMILES string of the molecule is CC(C)=CCc1cccc2[nH]cc(C[C@H](N=[N+]=[N-])C(=O)O)c12. The zero-order chi connectivity index (χ0) is 16.1. The zero-order valence-electron chi connectivity index (χ0n) is 12.6. The molecule has 1 atom stereocenters. The summed E-state index contributed by atoms with van der Waals surface area (Å²) in [7, 11) is 0. The third kappa shape index (κ3) is 3.48. The summed E-state index contributed by atoms with van der Waals surface area (Å²) in [6.45, 7) is 4.08. The predicted octanol–water partition coefficient (Wildman–Crippen LogP) is 3.98. The van der Waals surface area contributed by atoms with E-state index in [-0.39, 0.29) is 6.42 Å². The quantitative estimate of drug-likeness (QED) is 0.364. The molecule has 0 spiro atoms. The number of carbonyl (C=O) groups is 1. The van der Waals surface area contributed by atoms with Crippen molar-refractivity contribution in [2.75, 3.05) is 0 Å². The maximum Gasteiger partial charge on any atom is 0.312 e. The van der Waals surface area contributed by atoms with E-state index >= 15 is 0 Å². The number of benzene rings is 1. The number of hydrogen-bond acceptors (Lipinski definition) is 2. The molecule has 0 aliphatic heterocycles. The predicted molar refractivity (Wildman–Crippen MR) is 85.7 cm³/mol. The monoisotopic (exact) mass is 298 g/mol. The number of fused-ring (bicyclic) bond motifs is 1. The maximum absolute atomic E-state index is 11.2. The van der Waals surface area contributed by atoms with Gasteiger partial charge in [0.15, 0.2) is 0 Å². The minimum absolute atomic E-state index is 0.172. The van der Waals surface area contributed by atoms with Crippen LogP contribution in [0.15, 0.2) is 41.2 Å². The topological polar surface area (TPSA) is 102 Å². The van der Waals surface area contributed by atoms with Crippen molar-refractivity contribution in [3.8, 4) is 0 Å². The summed E-state index contributed by atoms with van der Waals surface area (Å²) in [6, 6.07) is 4.86. The number of aromatic amines is 1. The summed E-state index contributed by atoms with van der Waals surface area (Å²) in [5, 5.41) is 13.5. The molecule has 1 aromatic heterocycles. The van der Waals surface area contributed by atoms with Gasteiger partial charge in [-0.1, -0.05) is 28.9 Å². The fraction of sp³-hybridized carbons (Fsp3) is 0.312. The van der Waals surface area contributed by atoms with Crippen LogP contribution in [0.3, 0.4) is 0 Å². The number of azide groups is 1. The number of H-pyrrole nitrogens is 1. The minimum Gasteiger partial charge on any atom is -0.481 e. The molecule has 2 aromatic rings. The lowest BCUT2D eigenvalue weighted by Gasteiger charge is -2.07. The van der Waals surface area contributed by atoms with Crippen LogP contribution in [0.5, 0.6) is 0 Å². The van der Waals surface area contributed by atoms with E-state index in [1.807, 2.05) is 32.0 Å². The fourth-order valence-electron chi connectivity index (χ4n) is 2.43. The van der Waals surface area contributed by atoms with Gasteiger partial charge in [-0.05, 0) is 49.4 Å². The van der Waals surface area contributed by atoms with Crippen molar-refractivity contribution in [3.05, 3.63) is 57.6 Å². The first-order chi connectivity index (χ1) is 10.5. The van der Waals surface area contributed by atoms with Crippen LogP contribution in [-0.2, 0) is 17.6 Å². The molecule has 0 amide bonds. The summed E-state index contributed by atoms with van der Waals surface area (Å²) in [5.74, 6) is -1.12. The summed E-state index contributed by atoms with van der Waals surface area (Å²) in [5.41, 5.74) is 12.7. The second kappa shape index (κ2) is 6.83. The number of aromatic nitrogens is 1. The highest BCUT2D eigenvalue weighted by Gasteiger charge is 2.19. The smallest absolute Gasteiger partial charge is 0.312 e. The standard InChI is InChI=1S/C16H18N4O2/c1-10(2)6-7-11-4-3-5-13-15(11)12(9-18-13)8-14(16(21)22)19-20-17/h3-6,9,14,18H,7-8H2,1-2H3,(H,21,22)/t14-/m0/s1. The van der Waals surface area contributed by atoms with Gasteiger partial charge in [-0.3, -0.25) is 4.79 Å². The van der Waals surface area contributed by atoms with E-state index in [1.54, 1.807) is 6.20 Å². The Labute approximate surface area is 128 Å². The number of nitrogens with one attached hydrogen (secondary N) is 1. The number of aliphatic carboxylic acids is 1. The summed E-state index contributed by atoms with van der Waals surface area (Å²) >= 11 is 0. The second-order valence-corrected chi connectivity index (χ2v) is 5.40. The molecule has 6 nitrogen and oxygen atoms in total. The molecule has 0 bridgehead atoms. The third-order valence-corrected chi connectivity index (χ3v) is 3.49. The summed E-state index contributed by atoms with van der Waals surface area (Å²) < 4.78 is 0. The Hall–Kier alpha value is -2.72. The number of carboxylic acid groups (broad SMARTS) is 1. The average molecular weight is 298 g/mol. The maximum atomic E-state index is 11.2. The van der Waals surface area contributed by atoms with E-state index < -0.39 is 12.0 Å². The van der Waals surface area contributed by atoms with E-state index in [0.717, 1.165) is 28.5 Å². The second-order valence-electron chi connectivity index (χ2n) is 5.40. The van der Waals surface area contributed by atoms with E-state index in [0.29, 0.717) is 0 Å². The van der Waals surface area contributed by atoms with Gasteiger partial charge in [0.05, 0.1) is 0 Å². The van der Waals surface area contributed by atoms with Gasteiger partial charge in [0.25, 0.3) is 0 Å². The molecule has 1 aromatic carbocycles. The van der Waals surface area contributed by atoms with E-state index in [2.05, 4.69) is 21.1 Å². The van der Waals surface area contributed by atoms with Crippen LogP contribution in [0.2, 0.25) is 0 Å². The normalized spacial score (nSPS) is 11.7. The molecule has 114 valence electrons. The minimum atomic E-state index is -1.12. The largest absolute Gasteiger partial charge is 0.481 e. The molecule has 0 unspecified atom stereocenters. The lowest BCUT2D eigenvalue weighted by molar-refractivity contribution is -0.138. The van der Waals surface area contributed by atoms with Crippen molar-refractivity contribution < 1.29 is 9.90 Å². The molecule has 2 N–H and O–H groups in total. The molecule has 0 aliphatic rings. The van der Waals surface area contributed by atoms with Crippen molar-refractivity contribution in [2.45, 2.75) is 32.7 Å². The van der Waals surface area contributed by atoms with Gasteiger partial charge in [-0.15, -0.1) is 0 Å². The van der Waals surface area contributed by atoms with Gasteiger partial charge in [0.2, 0.25) is 0 Å². The number of nitrogens with zero attached hydrogens (tertiary/aromatic N) is 3. The van der Waals surface area contributed by atoms with Crippen LogP contribution < -0.4 is 0 Å². The molecule has 0 saturated heterocycles. The van der Waals surface area contributed by atoms with E-state index in [1.165, 1.54) is 5.57 Å². The highest BCUT2D eigenvalue weighted by Crippen LogP contribution is 2.25. The van der Waals surface area contributed by atoms with Crippen molar-refractivity contribution in [1.82, 2.24) is 4.98 Å². The number of carboxylic acids is 1. The van der Waals surface area contributed by atoms with Crippen molar-refractivity contribution in [1.29, 1.82) is 0 Å². The van der Waals surface area contributed by atoms with Crippen LogP contribution in [0.4, 0.5) is 0 Å². The highest BCUT2D eigenvalue weighted by atomic mass is 16.4. The average Bonchev–Trinajstić information content (AvgIpc) is 2.88. The van der Waals surface area contributed by atoms with E-state index in [4.69, 9.17) is 10.6 Å². The molecule has 0 saturated carbocycles. The van der Waals surface area contributed by atoms with Gasteiger partial charge in [-0.2, -0.15) is 0 Å². The van der Waals surface area contributed by atoms with Gasteiger partial charge in [-0.25, -0.2) is 0 Å². The Morgan fingerprint density at radius 2 is 2.23 bits per heavy atom. The molecule has 6 heteroatoms. The highest BCUT2D eigenvalue weighted by molar-refractivity contribution is 5.87.